The third-order valence-corrected chi connectivity index (χ3v) is 2.06. The molecule has 56 valence electrons. The van der Waals surface area contributed by atoms with E-state index in [0.717, 1.165) is 17.9 Å². The van der Waals surface area contributed by atoms with Gasteiger partial charge in [-0.05, 0) is 25.0 Å². The molecule has 0 aromatic heterocycles. The molecule has 2 N–H and O–H groups in total. The van der Waals surface area contributed by atoms with Crippen LogP contribution >= 0.6 is 0 Å². The Balaban J connectivity index is 2.89. The molecule has 1 aliphatic rings. The molecule has 0 bridgehead atoms. The lowest BCUT2D eigenvalue weighted by Crippen LogP contribution is -1.96. The van der Waals surface area contributed by atoms with Gasteiger partial charge < -0.3 is 10.5 Å². The van der Waals surface area contributed by atoms with Gasteiger partial charge in [0.2, 0.25) is 0 Å². The van der Waals surface area contributed by atoms with Gasteiger partial charge in [0.15, 0.2) is 0 Å². The molecular weight excluding hydrogens is 126 g/mol. The molecule has 0 saturated heterocycles. The van der Waals surface area contributed by atoms with Crippen molar-refractivity contribution in [3.8, 4) is 0 Å². The first-order chi connectivity index (χ1) is 4.66. The predicted molar refractivity (Wildman–Crippen MR) is 41.2 cm³/mol. The van der Waals surface area contributed by atoms with Crippen LogP contribution in [0.15, 0.2) is 22.6 Å². The lowest BCUT2D eigenvalue weighted by atomic mass is 10.2. The summed E-state index contributed by atoms with van der Waals surface area (Å²) in [4.78, 5) is 0. The van der Waals surface area contributed by atoms with Crippen LogP contribution in [-0.4, -0.2) is 7.11 Å². The monoisotopic (exact) mass is 139 g/mol. The molecule has 0 aliphatic heterocycles. The molecule has 10 heavy (non-hydrogen) atoms. The van der Waals surface area contributed by atoms with Gasteiger partial charge in [0.1, 0.15) is 5.76 Å². The highest BCUT2D eigenvalue weighted by Gasteiger charge is 2.15. The van der Waals surface area contributed by atoms with Crippen LogP contribution in [0.3, 0.4) is 0 Å². The van der Waals surface area contributed by atoms with Gasteiger partial charge in [-0.15, -0.1) is 0 Å². The highest BCUT2D eigenvalue weighted by Crippen LogP contribution is 2.28. The summed E-state index contributed by atoms with van der Waals surface area (Å²) in [5, 5.41) is 0. The van der Waals surface area contributed by atoms with Gasteiger partial charge in [-0.3, -0.25) is 0 Å². The predicted octanol–water partition coefficient (Wildman–Crippen LogP) is 1.54. The van der Waals surface area contributed by atoms with E-state index in [-0.39, 0.29) is 0 Å². The molecule has 2 nitrogen and oxygen atoms in total. The van der Waals surface area contributed by atoms with Crippen molar-refractivity contribution in [1.29, 1.82) is 0 Å². The normalized spacial score (nSPS) is 18.7. The van der Waals surface area contributed by atoms with Gasteiger partial charge in [-0.25, -0.2) is 0 Å². The topological polar surface area (TPSA) is 35.2 Å². The minimum Gasteiger partial charge on any atom is -0.500 e. The molecular formula is C8H13NO. The maximum Gasteiger partial charge on any atom is 0.105 e. The van der Waals surface area contributed by atoms with E-state index >= 15 is 0 Å². The van der Waals surface area contributed by atoms with E-state index in [2.05, 4.69) is 0 Å². The van der Waals surface area contributed by atoms with Gasteiger partial charge in [0, 0.05) is 12.1 Å². The third kappa shape index (κ3) is 0.897. The standard InChI is InChI=1S/C8H13NO/c1-5-6(2)8(10-3)4-7(5)9/h4,9H2,1-3H3. The molecule has 1 rings (SSSR count). The van der Waals surface area contributed by atoms with Crippen LogP contribution in [0, 0.1) is 0 Å². The van der Waals surface area contributed by atoms with Crippen molar-refractivity contribution in [2.24, 2.45) is 5.73 Å². The van der Waals surface area contributed by atoms with Gasteiger partial charge in [-0.1, -0.05) is 0 Å². The summed E-state index contributed by atoms with van der Waals surface area (Å²) < 4.78 is 5.12. The zero-order valence-corrected chi connectivity index (χ0v) is 6.69. The number of nitrogens with two attached hydrogens (primary N) is 1. The zero-order chi connectivity index (χ0) is 7.72. The van der Waals surface area contributed by atoms with Gasteiger partial charge in [0.25, 0.3) is 0 Å². The second-order valence-electron chi connectivity index (χ2n) is 2.58. The molecule has 0 spiro atoms. The molecule has 0 radical (unpaired) electrons. The summed E-state index contributed by atoms with van der Waals surface area (Å²) in [6, 6.07) is 0. The van der Waals surface area contributed by atoms with E-state index in [9.17, 15) is 0 Å². The highest BCUT2D eigenvalue weighted by atomic mass is 16.5. The molecule has 0 amide bonds. The molecule has 0 saturated carbocycles. The zero-order valence-electron chi connectivity index (χ0n) is 6.69. The Morgan fingerprint density at radius 3 is 2.10 bits per heavy atom. The second kappa shape index (κ2) is 2.37. The summed E-state index contributed by atoms with van der Waals surface area (Å²) in [6.45, 7) is 4.06. The van der Waals surface area contributed by atoms with E-state index in [0.29, 0.717) is 0 Å². The van der Waals surface area contributed by atoms with Crippen LogP contribution in [0.2, 0.25) is 0 Å². The fraction of sp³-hybridized carbons (Fsp3) is 0.500. The molecule has 0 unspecified atom stereocenters. The maximum absolute atomic E-state index is 5.69. The van der Waals surface area contributed by atoms with E-state index in [4.69, 9.17) is 10.5 Å². The van der Waals surface area contributed by atoms with Gasteiger partial charge >= 0.3 is 0 Å². The van der Waals surface area contributed by atoms with Crippen LogP contribution in [0.25, 0.3) is 0 Å². The Morgan fingerprint density at radius 1 is 1.30 bits per heavy atom. The first-order valence-corrected chi connectivity index (χ1v) is 3.36. The molecule has 0 aromatic rings. The summed E-state index contributed by atoms with van der Waals surface area (Å²) in [5.41, 5.74) is 9.00. The van der Waals surface area contributed by atoms with E-state index in [1.54, 1.807) is 7.11 Å². The molecule has 1 aliphatic carbocycles. The minimum atomic E-state index is 0.786. The Morgan fingerprint density at radius 2 is 1.90 bits per heavy atom. The van der Waals surface area contributed by atoms with Crippen LogP contribution < -0.4 is 5.73 Å². The molecule has 0 atom stereocenters. The van der Waals surface area contributed by atoms with E-state index in [1.165, 1.54) is 11.1 Å². The Hall–Kier alpha value is -0.920. The molecule has 0 heterocycles. The first-order valence-electron chi connectivity index (χ1n) is 3.36. The fourth-order valence-corrected chi connectivity index (χ4v) is 1.11. The van der Waals surface area contributed by atoms with Crippen molar-refractivity contribution in [3.05, 3.63) is 22.6 Å². The number of hydrogen-bond donors (Lipinski definition) is 1. The van der Waals surface area contributed by atoms with Gasteiger partial charge in [0.05, 0.1) is 7.11 Å². The van der Waals surface area contributed by atoms with Crippen LogP contribution in [0.4, 0.5) is 0 Å². The van der Waals surface area contributed by atoms with Crippen LogP contribution in [-0.2, 0) is 4.74 Å². The quantitative estimate of drug-likeness (QED) is 0.598. The van der Waals surface area contributed by atoms with Crippen LogP contribution in [0.5, 0.6) is 0 Å². The van der Waals surface area contributed by atoms with E-state index in [1.807, 2.05) is 13.8 Å². The Labute approximate surface area is 61.4 Å². The lowest BCUT2D eigenvalue weighted by molar-refractivity contribution is 0.282. The van der Waals surface area contributed by atoms with Crippen molar-refractivity contribution in [1.82, 2.24) is 0 Å². The van der Waals surface area contributed by atoms with Crippen molar-refractivity contribution in [2.45, 2.75) is 20.3 Å². The number of ether oxygens (including phenoxy) is 1. The van der Waals surface area contributed by atoms with Crippen LogP contribution in [0.1, 0.15) is 20.3 Å². The van der Waals surface area contributed by atoms with Gasteiger partial charge in [-0.2, -0.15) is 0 Å². The lowest BCUT2D eigenvalue weighted by Gasteiger charge is -2.00. The third-order valence-electron chi connectivity index (χ3n) is 2.06. The largest absolute Gasteiger partial charge is 0.500 e. The summed E-state index contributed by atoms with van der Waals surface area (Å²) in [7, 11) is 1.69. The molecule has 0 fully saturated rings. The molecule has 2 heteroatoms. The number of allylic oxidation sites excluding steroid dienone is 2. The average Bonchev–Trinajstić information content (AvgIpc) is 2.17. The summed E-state index contributed by atoms with van der Waals surface area (Å²) in [6.07, 6.45) is 0.786. The second-order valence-corrected chi connectivity index (χ2v) is 2.58. The summed E-state index contributed by atoms with van der Waals surface area (Å²) >= 11 is 0. The number of rotatable bonds is 1. The smallest absolute Gasteiger partial charge is 0.105 e. The Kier molecular flexibility index (Phi) is 1.70. The highest BCUT2D eigenvalue weighted by molar-refractivity contribution is 5.41. The SMILES string of the molecule is COC1=C(C)C(C)=C(N)C1. The fourth-order valence-electron chi connectivity index (χ4n) is 1.11. The Bertz CT molecular complexity index is 213. The molecule has 0 aromatic carbocycles. The first kappa shape index (κ1) is 7.19. The minimum absolute atomic E-state index is 0.786. The van der Waals surface area contributed by atoms with Crippen molar-refractivity contribution in [2.75, 3.05) is 7.11 Å². The van der Waals surface area contributed by atoms with Crippen molar-refractivity contribution < 1.29 is 4.74 Å². The number of hydrogen-bond acceptors (Lipinski definition) is 2. The van der Waals surface area contributed by atoms with Crippen molar-refractivity contribution >= 4 is 0 Å². The van der Waals surface area contributed by atoms with E-state index < -0.39 is 0 Å². The number of methoxy groups -OCH3 is 1. The maximum atomic E-state index is 5.69. The summed E-state index contributed by atoms with van der Waals surface area (Å²) in [5.74, 6) is 1.01. The average molecular weight is 139 g/mol. The van der Waals surface area contributed by atoms with Crippen molar-refractivity contribution in [3.63, 3.8) is 0 Å².